The van der Waals surface area contributed by atoms with Crippen LogP contribution in [0.4, 0.5) is 0 Å². The number of carbonyl (C=O) groups is 1. The number of hydrogen-bond donors (Lipinski definition) is 3. The Kier molecular flexibility index (Phi) is 3.30. The van der Waals surface area contributed by atoms with E-state index in [1.165, 1.54) is 28.8 Å². The Morgan fingerprint density at radius 3 is 2.68 bits per heavy atom. The van der Waals surface area contributed by atoms with Crippen LogP contribution in [-0.4, -0.2) is 30.7 Å². The minimum atomic E-state index is -1.17. The Balaban J connectivity index is 1.98. The number of hydrogen-bond acceptors (Lipinski definition) is 5. The third kappa shape index (κ3) is 2.39. The molecule has 0 unspecified atom stereocenters. The number of fused-ring (bicyclic) bond motifs is 1. The second kappa shape index (κ2) is 5.28. The third-order valence-electron chi connectivity index (χ3n) is 3.12. The number of benzene rings is 1. The number of rotatable bonds is 4. The number of nitrogens with zero attached hydrogens (tertiary/aromatic N) is 2. The molecule has 0 amide bonds. The van der Waals surface area contributed by atoms with Crippen molar-refractivity contribution in [3.05, 3.63) is 54.1 Å². The summed E-state index contributed by atoms with van der Waals surface area (Å²) in [7, 11) is 0. The fraction of sp³-hybridized carbons (Fsp3) is 0.0667. The molecule has 2 aromatic heterocycles. The highest BCUT2D eigenvalue weighted by atomic mass is 16.5. The Morgan fingerprint density at radius 1 is 1.18 bits per heavy atom. The van der Waals surface area contributed by atoms with E-state index in [0.717, 1.165) is 0 Å². The van der Waals surface area contributed by atoms with Gasteiger partial charge in [0.05, 0.1) is 11.7 Å². The van der Waals surface area contributed by atoms with Gasteiger partial charge in [0.1, 0.15) is 12.4 Å². The summed E-state index contributed by atoms with van der Waals surface area (Å²) in [6, 6.07) is 9.28. The molecule has 1 aromatic carbocycles. The number of aromatic nitrogens is 2. The molecule has 22 heavy (non-hydrogen) atoms. The van der Waals surface area contributed by atoms with Crippen molar-refractivity contribution in [1.82, 2.24) is 9.38 Å². The average molecular weight is 300 g/mol. The second-order valence-corrected chi connectivity index (χ2v) is 4.58. The van der Waals surface area contributed by atoms with Gasteiger partial charge in [0.15, 0.2) is 23.0 Å². The minimum absolute atomic E-state index is 0.0225. The summed E-state index contributed by atoms with van der Waals surface area (Å²) >= 11 is 0. The predicted octanol–water partition coefficient (Wildman–Crippen LogP) is 2.02. The lowest BCUT2D eigenvalue weighted by atomic mass is 10.3. The fourth-order valence-electron chi connectivity index (χ4n) is 2.12. The van der Waals surface area contributed by atoms with Crippen LogP contribution in [0.5, 0.6) is 17.2 Å². The molecule has 3 rings (SSSR count). The molecule has 0 fully saturated rings. The van der Waals surface area contributed by atoms with Gasteiger partial charge in [-0.15, -0.1) is 0 Å². The molecule has 3 aromatic rings. The number of imidazole rings is 1. The van der Waals surface area contributed by atoms with E-state index in [1.807, 2.05) is 0 Å². The molecule has 7 nitrogen and oxygen atoms in total. The highest BCUT2D eigenvalue weighted by Crippen LogP contribution is 2.26. The first-order valence-corrected chi connectivity index (χ1v) is 6.40. The van der Waals surface area contributed by atoms with Crippen LogP contribution in [0, 0.1) is 0 Å². The number of carboxylic acids is 1. The first-order chi connectivity index (χ1) is 10.6. The lowest BCUT2D eigenvalue weighted by molar-refractivity contribution is 0.0693. The van der Waals surface area contributed by atoms with Crippen molar-refractivity contribution in [3.63, 3.8) is 0 Å². The molecule has 0 saturated heterocycles. The van der Waals surface area contributed by atoms with Crippen molar-refractivity contribution < 1.29 is 24.9 Å². The van der Waals surface area contributed by atoms with Crippen LogP contribution in [0.15, 0.2) is 42.6 Å². The maximum Gasteiger partial charge on any atom is 0.356 e. The van der Waals surface area contributed by atoms with E-state index in [0.29, 0.717) is 11.3 Å². The average Bonchev–Trinajstić information content (AvgIpc) is 2.84. The number of pyridine rings is 1. The summed E-state index contributed by atoms with van der Waals surface area (Å²) < 4.78 is 6.90. The van der Waals surface area contributed by atoms with Crippen LogP contribution in [-0.2, 0) is 6.61 Å². The molecule has 0 spiro atoms. The quantitative estimate of drug-likeness (QED) is 0.681. The molecule has 0 aliphatic heterocycles. The smallest absolute Gasteiger partial charge is 0.356 e. The van der Waals surface area contributed by atoms with Crippen molar-refractivity contribution in [2.45, 2.75) is 6.61 Å². The highest BCUT2D eigenvalue weighted by Gasteiger charge is 2.17. The van der Waals surface area contributed by atoms with Gasteiger partial charge in [0.25, 0.3) is 0 Å². The van der Waals surface area contributed by atoms with Gasteiger partial charge in [-0.1, -0.05) is 12.1 Å². The third-order valence-corrected chi connectivity index (χ3v) is 3.12. The van der Waals surface area contributed by atoms with E-state index < -0.39 is 5.97 Å². The van der Waals surface area contributed by atoms with E-state index in [-0.39, 0.29) is 29.5 Å². The molecular formula is C15H12N2O5. The van der Waals surface area contributed by atoms with E-state index in [9.17, 15) is 20.1 Å². The zero-order valence-electron chi connectivity index (χ0n) is 11.3. The number of phenolic OH excluding ortho intramolecular Hbond substituents is 1. The summed E-state index contributed by atoms with van der Waals surface area (Å²) in [5, 5.41) is 28.4. The Morgan fingerprint density at radius 2 is 1.95 bits per heavy atom. The zero-order chi connectivity index (χ0) is 15.7. The number of ether oxygens (including phenoxy) is 1. The van der Waals surface area contributed by atoms with Crippen LogP contribution in [0.25, 0.3) is 5.52 Å². The van der Waals surface area contributed by atoms with E-state index in [2.05, 4.69) is 4.98 Å². The summed E-state index contributed by atoms with van der Waals surface area (Å²) in [6.45, 7) is -0.0600. The van der Waals surface area contributed by atoms with Crippen molar-refractivity contribution >= 4 is 11.5 Å². The Bertz CT molecular complexity index is 856. The normalized spacial score (nSPS) is 10.7. The van der Waals surface area contributed by atoms with Gasteiger partial charge in [0, 0.05) is 0 Å². The maximum absolute atomic E-state index is 11.2. The van der Waals surface area contributed by atoms with Gasteiger partial charge in [0.2, 0.25) is 0 Å². The molecule has 0 aliphatic rings. The summed E-state index contributed by atoms with van der Waals surface area (Å²) in [4.78, 5) is 15.2. The monoisotopic (exact) mass is 300 g/mol. The Hall–Kier alpha value is -3.22. The van der Waals surface area contributed by atoms with Gasteiger partial charge in [-0.25, -0.2) is 9.78 Å². The minimum Gasteiger partial charge on any atom is -0.506 e. The van der Waals surface area contributed by atoms with Crippen LogP contribution < -0.4 is 4.74 Å². The summed E-state index contributed by atoms with van der Waals surface area (Å²) in [5.41, 5.74) is 0.220. The number of phenols is 1. The van der Waals surface area contributed by atoms with Crippen molar-refractivity contribution in [2.75, 3.05) is 0 Å². The number of carboxylic acid groups (broad SMARTS) is 1. The number of aromatic hydroxyl groups is 2. The topological polar surface area (TPSA) is 104 Å². The van der Waals surface area contributed by atoms with E-state index >= 15 is 0 Å². The van der Waals surface area contributed by atoms with Crippen LogP contribution >= 0.6 is 0 Å². The molecule has 0 aliphatic carbocycles. The molecule has 0 atom stereocenters. The molecule has 112 valence electrons. The molecule has 3 N–H and O–H groups in total. The van der Waals surface area contributed by atoms with Crippen LogP contribution in [0.1, 0.15) is 16.3 Å². The molecule has 0 radical (unpaired) electrons. The summed E-state index contributed by atoms with van der Waals surface area (Å²) in [6.07, 6.45) is 1.36. The second-order valence-electron chi connectivity index (χ2n) is 4.58. The highest BCUT2D eigenvalue weighted by molar-refractivity contribution is 5.93. The van der Waals surface area contributed by atoms with Crippen LogP contribution in [0.3, 0.4) is 0 Å². The van der Waals surface area contributed by atoms with Crippen molar-refractivity contribution in [3.8, 4) is 17.2 Å². The molecule has 0 bridgehead atoms. The lowest BCUT2D eigenvalue weighted by Crippen LogP contribution is -2.01. The van der Waals surface area contributed by atoms with Gasteiger partial charge >= 0.3 is 5.97 Å². The Labute approximate surface area is 124 Å². The standard InChI is InChI=1S/C15H12N2O5/c18-9-5-6-10-14(15(20)21)16-13(17(10)7-9)8-22-12-4-2-1-3-11(12)19/h1-7,18-19H,8H2,(H,20,21). The lowest BCUT2D eigenvalue weighted by Gasteiger charge is -2.07. The molecule has 7 heteroatoms. The van der Waals surface area contributed by atoms with E-state index in [4.69, 9.17) is 4.74 Å². The molecule has 2 heterocycles. The van der Waals surface area contributed by atoms with Crippen LogP contribution in [0.2, 0.25) is 0 Å². The first kappa shape index (κ1) is 13.7. The number of aromatic carboxylic acids is 1. The summed E-state index contributed by atoms with van der Waals surface area (Å²) in [5.74, 6) is -0.657. The van der Waals surface area contributed by atoms with E-state index in [1.54, 1.807) is 18.2 Å². The van der Waals surface area contributed by atoms with Gasteiger partial charge in [-0.2, -0.15) is 0 Å². The largest absolute Gasteiger partial charge is 0.506 e. The zero-order valence-corrected chi connectivity index (χ0v) is 11.3. The van der Waals surface area contributed by atoms with Gasteiger partial charge < -0.3 is 20.1 Å². The predicted molar refractivity (Wildman–Crippen MR) is 76.3 cm³/mol. The molecule has 0 saturated carbocycles. The first-order valence-electron chi connectivity index (χ1n) is 6.40. The molecular weight excluding hydrogens is 288 g/mol. The van der Waals surface area contributed by atoms with Gasteiger partial charge in [-0.3, -0.25) is 4.40 Å². The number of para-hydroxylation sites is 2. The SMILES string of the molecule is O=C(O)c1nc(COc2ccccc2O)n2cc(O)ccc12. The van der Waals surface area contributed by atoms with Crippen molar-refractivity contribution in [1.29, 1.82) is 0 Å². The maximum atomic E-state index is 11.2. The van der Waals surface area contributed by atoms with Crippen molar-refractivity contribution in [2.24, 2.45) is 0 Å². The fourth-order valence-corrected chi connectivity index (χ4v) is 2.12. The van der Waals surface area contributed by atoms with Gasteiger partial charge in [-0.05, 0) is 24.3 Å².